The quantitative estimate of drug-likeness (QED) is 0.850. The van der Waals surface area contributed by atoms with Gasteiger partial charge in [-0.1, -0.05) is 41.9 Å². The van der Waals surface area contributed by atoms with Crippen molar-refractivity contribution >= 4 is 39.1 Å². The number of nitrogens with one attached hydrogen (secondary N) is 1. The lowest BCUT2D eigenvalue weighted by Gasteiger charge is -2.13. The molecule has 0 spiro atoms. The molecule has 2 rings (SSSR count). The minimum absolute atomic E-state index is 0.118. The summed E-state index contributed by atoms with van der Waals surface area (Å²) in [5.74, 6) is -0.371. The maximum Gasteiger partial charge on any atom is 0.231 e. The highest BCUT2D eigenvalue weighted by molar-refractivity contribution is 9.10. The Hall–Kier alpha value is -1.39. The van der Waals surface area contributed by atoms with Crippen molar-refractivity contribution in [2.75, 3.05) is 5.32 Å². The lowest BCUT2D eigenvalue weighted by atomic mass is 10.0. The first-order chi connectivity index (χ1) is 9.08. The van der Waals surface area contributed by atoms with Crippen molar-refractivity contribution in [1.82, 2.24) is 4.98 Å². The fourth-order valence-corrected chi connectivity index (χ4v) is 2.13. The van der Waals surface area contributed by atoms with E-state index in [0.29, 0.717) is 5.69 Å². The van der Waals surface area contributed by atoms with Gasteiger partial charge < -0.3 is 5.32 Å². The van der Waals surface area contributed by atoms with E-state index in [4.69, 9.17) is 11.6 Å². The van der Waals surface area contributed by atoms with Crippen LogP contribution in [0.1, 0.15) is 18.4 Å². The molecule has 1 aromatic carbocycles. The van der Waals surface area contributed by atoms with Crippen LogP contribution in [0, 0.1) is 0 Å². The van der Waals surface area contributed by atoms with Gasteiger partial charge in [-0.3, -0.25) is 4.79 Å². The van der Waals surface area contributed by atoms with Crippen LogP contribution in [0.25, 0.3) is 0 Å². The van der Waals surface area contributed by atoms with E-state index >= 15 is 0 Å². The first-order valence-corrected chi connectivity index (χ1v) is 6.92. The van der Waals surface area contributed by atoms with Crippen LogP contribution in [0.3, 0.4) is 0 Å². The zero-order valence-electron chi connectivity index (χ0n) is 10.2. The van der Waals surface area contributed by atoms with Crippen molar-refractivity contribution in [2.45, 2.75) is 12.8 Å². The van der Waals surface area contributed by atoms with Crippen LogP contribution in [0.4, 0.5) is 5.69 Å². The molecule has 98 valence electrons. The highest BCUT2D eigenvalue weighted by atomic mass is 79.9. The smallest absolute Gasteiger partial charge is 0.231 e. The Kier molecular flexibility index (Phi) is 4.56. The van der Waals surface area contributed by atoms with E-state index in [0.717, 1.165) is 10.0 Å². The molecule has 1 heterocycles. The SMILES string of the molecule is CC(C(=O)Nc1cc(Br)cnc1Cl)c1ccccc1. The van der Waals surface area contributed by atoms with Gasteiger partial charge in [0.25, 0.3) is 0 Å². The summed E-state index contributed by atoms with van der Waals surface area (Å²) < 4.78 is 0.763. The molecule has 2 aromatic rings. The molecule has 1 unspecified atom stereocenters. The number of rotatable bonds is 3. The molecule has 0 aliphatic carbocycles. The molecule has 1 aromatic heterocycles. The van der Waals surface area contributed by atoms with Crippen LogP contribution in [0.2, 0.25) is 5.15 Å². The van der Waals surface area contributed by atoms with Crippen molar-refractivity contribution < 1.29 is 4.79 Å². The zero-order chi connectivity index (χ0) is 13.8. The lowest BCUT2D eigenvalue weighted by Crippen LogP contribution is -2.19. The van der Waals surface area contributed by atoms with Gasteiger partial charge in [-0.05, 0) is 34.5 Å². The number of benzene rings is 1. The van der Waals surface area contributed by atoms with E-state index in [9.17, 15) is 4.79 Å². The van der Waals surface area contributed by atoms with E-state index in [-0.39, 0.29) is 17.0 Å². The summed E-state index contributed by atoms with van der Waals surface area (Å²) in [5.41, 5.74) is 1.46. The molecule has 19 heavy (non-hydrogen) atoms. The Balaban J connectivity index is 2.15. The second-order valence-electron chi connectivity index (χ2n) is 4.11. The van der Waals surface area contributed by atoms with Gasteiger partial charge in [0, 0.05) is 10.7 Å². The molecule has 0 aliphatic rings. The molecule has 1 atom stereocenters. The Morgan fingerprint density at radius 3 is 2.74 bits per heavy atom. The molecule has 3 nitrogen and oxygen atoms in total. The summed E-state index contributed by atoms with van der Waals surface area (Å²) in [4.78, 5) is 16.1. The number of hydrogen-bond donors (Lipinski definition) is 1. The third-order valence-corrected chi connectivity index (χ3v) is 3.49. The second kappa shape index (κ2) is 6.17. The van der Waals surface area contributed by atoms with Gasteiger partial charge in [-0.15, -0.1) is 0 Å². The molecular weight excluding hydrogens is 328 g/mol. The molecule has 0 saturated carbocycles. The Labute approximate surface area is 125 Å². The van der Waals surface area contributed by atoms with Crippen LogP contribution >= 0.6 is 27.5 Å². The van der Waals surface area contributed by atoms with E-state index in [1.807, 2.05) is 37.3 Å². The van der Waals surface area contributed by atoms with Crippen molar-refractivity contribution in [1.29, 1.82) is 0 Å². The molecule has 0 aliphatic heterocycles. The molecule has 5 heteroatoms. The average molecular weight is 340 g/mol. The fourth-order valence-electron chi connectivity index (χ4n) is 1.64. The summed E-state index contributed by atoms with van der Waals surface area (Å²) in [6.07, 6.45) is 1.58. The summed E-state index contributed by atoms with van der Waals surface area (Å²) in [7, 11) is 0. The van der Waals surface area contributed by atoms with Crippen LogP contribution < -0.4 is 5.32 Å². The van der Waals surface area contributed by atoms with Gasteiger partial charge in [0.05, 0.1) is 11.6 Å². The van der Waals surface area contributed by atoms with Gasteiger partial charge in [0.2, 0.25) is 5.91 Å². The summed E-state index contributed by atoms with van der Waals surface area (Å²) in [5, 5.41) is 3.06. The van der Waals surface area contributed by atoms with E-state index in [1.165, 1.54) is 0 Å². The zero-order valence-corrected chi connectivity index (χ0v) is 12.6. The van der Waals surface area contributed by atoms with Gasteiger partial charge in [0.1, 0.15) is 0 Å². The number of aromatic nitrogens is 1. The third-order valence-electron chi connectivity index (χ3n) is 2.76. The highest BCUT2D eigenvalue weighted by Gasteiger charge is 2.16. The van der Waals surface area contributed by atoms with Crippen LogP contribution in [0.15, 0.2) is 47.1 Å². The number of anilines is 1. The standard InChI is InChI=1S/C14H12BrClN2O/c1-9(10-5-3-2-4-6-10)14(19)18-12-7-11(15)8-17-13(12)16/h2-9H,1H3,(H,18,19). The number of amides is 1. The molecule has 1 amide bonds. The molecule has 0 radical (unpaired) electrons. The molecular formula is C14H12BrClN2O. The van der Waals surface area contributed by atoms with Crippen LogP contribution in [-0.2, 0) is 4.79 Å². The van der Waals surface area contributed by atoms with Crippen molar-refractivity contribution in [3.8, 4) is 0 Å². The number of halogens is 2. The van der Waals surface area contributed by atoms with Crippen molar-refractivity contribution in [2.24, 2.45) is 0 Å². The summed E-state index contributed by atoms with van der Waals surface area (Å²) >= 11 is 9.24. The number of carbonyl (C=O) groups is 1. The molecule has 0 fully saturated rings. The minimum atomic E-state index is -0.253. The van der Waals surface area contributed by atoms with E-state index in [1.54, 1.807) is 12.3 Å². The summed E-state index contributed by atoms with van der Waals surface area (Å²) in [6, 6.07) is 11.3. The van der Waals surface area contributed by atoms with Gasteiger partial charge in [-0.2, -0.15) is 0 Å². The fraction of sp³-hybridized carbons (Fsp3) is 0.143. The van der Waals surface area contributed by atoms with Crippen molar-refractivity contribution in [3.63, 3.8) is 0 Å². The van der Waals surface area contributed by atoms with Gasteiger partial charge >= 0.3 is 0 Å². The van der Waals surface area contributed by atoms with E-state index in [2.05, 4.69) is 26.2 Å². The normalized spacial score (nSPS) is 11.9. The maximum absolute atomic E-state index is 12.2. The van der Waals surface area contributed by atoms with Crippen LogP contribution in [-0.4, -0.2) is 10.9 Å². The topological polar surface area (TPSA) is 42.0 Å². The minimum Gasteiger partial charge on any atom is -0.323 e. The number of nitrogens with zero attached hydrogens (tertiary/aromatic N) is 1. The average Bonchev–Trinajstić information content (AvgIpc) is 2.43. The molecule has 0 bridgehead atoms. The monoisotopic (exact) mass is 338 g/mol. The Morgan fingerprint density at radius 2 is 2.05 bits per heavy atom. The number of carbonyl (C=O) groups excluding carboxylic acids is 1. The van der Waals surface area contributed by atoms with E-state index < -0.39 is 0 Å². The number of pyridine rings is 1. The predicted octanol–water partition coefficient (Wildman–Crippen LogP) is 4.24. The first kappa shape index (κ1) is 14.0. The highest BCUT2D eigenvalue weighted by Crippen LogP contribution is 2.25. The maximum atomic E-state index is 12.2. The Bertz CT molecular complexity index is 589. The summed E-state index contributed by atoms with van der Waals surface area (Å²) in [6.45, 7) is 1.85. The van der Waals surface area contributed by atoms with Crippen LogP contribution in [0.5, 0.6) is 0 Å². The predicted molar refractivity (Wildman–Crippen MR) is 80.4 cm³/mol. The third kappa shape index (κ3) is 3.55. The van der Waals surface area contributed by atoms with Gasteiger partial charge in [0.15, 0.2) is 5.15 Å². The lowest BCUT2D eigenvalue weighted by molar-refractivity contribution is -0.117. The van der Waals surface area contributed by atoms with Gasteiger partial charge in [-0.25, -0.2) is 4.98 Å². The largest absolute Gasteiger partial charge is 0.323 e. The molecule has 1 N–H and O–H groups in total. The van der Waals surface area contributed by atoms with Crippen molar-refractivity contribution in [3.05, 3.63) is 57.8 Å². The molecule has 0 saturated heterocycles. The first-order valence-electron chi connectivity index (χ1n) is 5.75. The second-order valence-corrected chi connectivity index (χ2v) is 5.39. The number of hydrogen-bond acceptors (Lipinski definition) is 2. The Morgan fingerprint density at radius 1 is 1.37 bits per heavy atom.